The van der Waals surface area contributed by atoms with E-state index >= 15 is 0 Å². The van der Waals surface area contributed by atoms with Crippen LogP contribution in [-0.2, 0) is 15.6 Å². The van der Waals surface area contributed by atoms with E-state index in [2.05, 4.69) is 45.7 Å². The van der Waals surface area contributed by atoms with Gasteiger partial charge in [0.05, 0.1) is 18.0 Å². The average Bonchev–Trinajstić information content (AvgIpc) is 3.66. The van der Waals surface area contributed by atoms with E-state index in [1.54, 1.807) is 12.1 Å². The zero-order valence-corrected chi connectivity index (χ0v) is 23.8. The molecular formula is C31H36FN5O2S. The molecule has 210 valence electrons. The molecule has 2 heterocycles. The first-order chi connectivity index (χ1) is 19.4. The lowest BCUT2D eigenvalue weighted by atomic mass is 9.88. The Morgan fingerprint density at radius 2 is 1.65 bits per heavy atom. The molecule has 3 fully saturated rings. The molecule has 2 aliphatic carbocycles. The monoisotopic (exact) mass is 561 g/mol. The second kappa shape index (κ2) is 12.3. The Bertz CT molecular complexity index is 1380. The van der Waals surface area contributed by atoms with Crippen LogP contribution in [0.4, 0.5) is 10.1 Å². The van der Waals surface area contributed by atoms with E-state index in [0.29, 0.717) is 0 Å². The van der Waals surface area contributed by atoms with Gasteiger partial charge in [0, 0.05) is 58.3 Å². The Hall–Kier alpha value is -3.51. The maximum atomic E-state index is 13.1. The van der Waals surface area contributed by atoms with Crippen molar-refractivity contribution in [3.8, 4) is 22.9 Å². The fourth-order valence-electron chi connectivity index (χ4n) is 5.38. The van der Waals surface area contributed by atoms with E-state index in [4.69, 9.17) is 5.26 Å². The number of halogens is 1. The largest absolute Gasteiger partial charge is 0.370 e. The highest BCUT2D eigenvalue weighted by Gasteiger charge is 2.45. The lowest BCUT2D eigenvalue weighted by Gasteiger charge is -2.28. The van der Waals surface area contributed by atoms with Crippen LogP contribution in [-0.4, -0.2) is 50.0 Å². The van der Waals surface area contributed by atoms with Gasteiger partial charge in [0.2, 0.25) is 5.91 Å². The van der Waals surface area contributed by atoms with E-state index in [0.717, 1.165) is 91.3 Å². The lowest BCUT2D eigenvalue weighted by Crippen LogP contribution is -2.40. The Labute approximate surface area is 237 Å². The molecule has 3 aliphatic rings. The molecule has 2 aromatic carbocycles. The summed E-state index contributed by atoms with van der Waals surface area (Å²) >= 11 is 0. The summed E-state index contributed by atoms with van der Waals surface area (Å²) in [6.45, 7) is 3.69. The Morgan fingerprint density at radius 1 is 1.02 bits per heavy atom. The molecule has 3 aromatic rings. The van der Waals surface area contributed by atoms with E-state index in [-0.39, 0.29) is 17.6 Å². The molecule has 0 radical (unpaired) electrons. The number of nitrogens with zero attached hydrogens (tertiary/aromatic N) is 4. The topological polar surface area (TPSA) is 91.0 Å². The summed E-state index contributed by atoms with van der Waals surface area (Å²) in [6.07, 6.45) is 9.12. The molecule has 2 saturated carbocycles. The molecule has 1 aliphatic heterocycles. The molecule has 1 amide bonds. The fourth-order valence-corrected chi connectivity index (χ4v) is 6.43. The van der Waals surface area contributed by atoms with Crippen LogP contribution < -0.4 is 10.2 Å². The van der Waals surface area contributed by atoms with E-state index in [1.165, 1.54) is 18.6 Å². The van der Waals surface area contributed by atoms with Crippen molar-refractivity contribution >= 4 is 22.4 Å². The zero-order chi connectivity index (χ0) is 28.1. The van der Waals surface area contributed by atoms with Crippen molar-refractivity contribution in [2.24, 2.45) is 5.92 Å². The molecule has 9 heteroatoms. The first kappa shape index (κ1) is 28.0. The van der Waals surface area contributed by atoms with Gasteiger partial charge in [-0.1, -0.05) is 31.4 Å². The molecule has 1 saturated heterocycles. The van der Waals surface area contributed by atoms with Gasteiger partial charge in [-0.15, -0.1) is 0 Å². The number of aromatic nitrogens is 2. The van der Waals surface area contributed by atoms with E-state index in [9.17, 15) is 13.4 Å². The number of carbonyl (C=O) groups is 1. The molecule has 0 spiro atoms. The van der Waals surface area contributed by atoms with Crippen molar-refractivity contribution in [3.63, 3.8) is 0 Å². The van der Waals surface area contributed by atoms with Gasteiger partial charge in [-0.3, -0.25) is 9.00 Å². The number of amides is 1. The van der Waals surface area contributed by atoms with E-state index in [1.807, 2.05) is 17.8 Å². The summed E-state index contributed by atoms with van der Waals surface area (Å²) in [4.78, 5) is 14.0. The highest BCUT2D eigenvalue weighted by molar-refractivity contribution is 7.85. The SMILES string of the molecule is Cc1c(-c2ccc(N3CCS(=O)CC3)cc2)cnn1-c1ccc(F)cc1.N#CC1(NC(=O)C2CCCCC2)CC1. The minimum Gasteiger partial charge on any atom is -0.370 e. The van der Waals surface area contributed by atoms with Crippen LogP contribution in [0, 0.1) is 30.0 Å². The third-order valence-electron chi connectivity index (χ3n) is 8.10. The molecule has 0 atom stereocenters. The standard InChI is InChI=1S/C20H20FN3OS.C11H16N2O/c1-15-20(14-22-24(15)19-8-4-17(21)5-9-19)16-2-6-18(7-3-16)23-10-12-26(25)13-11-23;12-8-11(6-7-11)13-10(14)9-4-2-1-3-5-9/h2-9,14H,10-13H2,1H3;9H,1-7H2,(H,13,14). The summed E-state index contributed by atoms with van der Waals surface area (Å²) in [5.74, 6) is 1.52. The maximum absolute atomic E-state index is 13.1. The van der Waals surface area contributed by atoms with Crippen molar-refractivity contribution < 1.29 is 13.4 Å². The van der Waals surface area contributed by atoms with Crippen LogP contribution in [0.2, 0.25) is 0 Å². The number of hydrogen-bond acceptors (Lipinski definition) is 5. The number of anilines is 1. The highest BCUT2D eigenvalue weighted by atomic mass is 32.2. The van der Waals surface area contributed by atoms with Crippen LogP contribution in [0.15, 0.2) is 54.7 Å². The quantitative estimate of drug-likeness (QED) is 0.457. The highest BCUT2D eigenvalue weighted by Crippen LogP contribution is 2.35. The smallest absolute Gasteiger partial charge is 0.224 e. The zero-order valence-electron chi connectivity index (χ0n) is 22.9. The van der Waals surface area contributed by atoms with Crippen LogP contribution in [0.3, 0.4) is 0 Å². The molecule has 7 nitrogen and oxygen atoms in total. The fraction of sp³-hybridized carbons (Fsp3) is 0.452. The molecule has 0 bridgehead atoms. The Kier molecular flexibility index (Phi) is 8.65. The van der Waals surface area contributed by atoms with Gasteiger partial charge < -0.3 is 10.2 Å². The van der Waals surface area contributed by atoms with Crippen LogP contribution >= 0.6 is 0 Å². The minimum atomic E-state index is -0.665. The predicted octanol–water partition coefficient (Wildman–Crippen LogP) is 5.29. The maximum Gasteiger partial charge on any atom is 0.224 e. The summed E-state index contributed by atoms with van der Waals surface area (Å²) in [5.41, 5.74) is 4.69. The minimum absolute atomic E-state index is 0.115. The normalized spacial score (nSPS) is 18.8. The number of carbonyl (C=O) groups excluding carboxylic acids is 1. The Balaban J connectivity index is 0.000000194. The summed E-state index contributed by atoms with van der Waals surface area (Å²) < 4.78 is 26.5. The predicted molar refractivity (Wildman–Crippen MR) is 156 cm³/mol. The van der Waals surface area contributed by atoms with Crippen molar-refractivity contribution in [2.45, 2.75) is 57.4 Å². The summed E-state index contributed by atoms with van der Waals surface area (Å²) in [5, 5.41) is 16.2. The molecule has 1 aromatic heterocycles. The molecule has 0 unspecified atom stereocenters. The van der Waals surface area contributed by atoms with Gasteiger partial charge in [0.25, 0.3) is 0 Å². The van der Waals surface area contributed by atoms with Gasteiger partial charge in [-0.2, -0.15) is 10.4 Å². The summed E-state index contributed by atoms with van der Waals surface area (Å²) in [6, 6.07) is 16.9. The van der Waals surface area contributed by atoms with E-state index < -0.39 is 16.3 Å². The van der Waals surface area contributed by atoms with Crippen LogP contribution in [0.25, 0.3) is 16.8 Å². The second-order valence-electron chi connectivity index (χ2n) is 10.9. The number of hydrogen-bond donors (Lipinski definition) is 1. The number of benzene rings is 2. The molecule has 40 heavy (non-hydrogen) atoms. The van der Waals surface area contributed by atoms with Crippen molar-refractivity contribution in [1.29, 1.82) is 5.26 Å². The van der Waals surface area contributed by atoms with Gasteiger partial charge in [0.15, 0.2) is 0 Å². The first-order valence-electron chi connectivity index (χ1n) is 14.1. The van der Waals surface area contributed by atoms with Gasteiger partial charge in [0.1, 0.15) is 11.4 Å². The van der Waals surface area contributed by atoms with Crippen molar-refractivity contribution in [2.75, 3.05) is 29.5 Å². The van der Waals surface area contributed by atoms with Crippen molar-refractivity contribution in [1.82, 2.24) is 15.1 Å². The van der Waals surface area contributed by atoms with Gasteiger partial charge >= 0.3 is 0 Å². The molecular weight excluding hydrogens is 525 g/mol. The summed E-state index contributed by atoms with van der Waals surface area (Å²) in [7, 11) is -0.665. The average molecular weight is 562 g/mol. The molecule has 1 N–H and O–H groups in total. The second-order valence-corrected chi connectivity index (χ2v) is 12.6. The number of nitrogens with one attached hydrogen (secondary N) is 1. The van der Waals surface area contributed by atoms with Gasteiger partial charge in [-0.25, -0.2) is 9.07 Å². The first-order valence-corrected chi connectivity index (χ1v) is 15.6. The number of rotatable bonds is 5. The Morgan fingerprint density at radius 3 is 2.25 bits per heavy atom. The third-order valence-corrected chi connectivity index (χ3v) is 9.38. The third kappa shape index (κ3) is 6.61. The lowest BCUT2D eigenvalue weighted by molar-refractivity contribution is -0.126. The molecule has 6 rings (SSSR count). The van der Waals surface area contributed by atoms with Gasteiger partial charge in [-0.05, 0) is 74.6 Å². The van der Waals surface area contributed by atoms with Crippen LogP contribution in [0.5, 0.6) is 0 Å². The van der Waals surface area contributed by atoms with Crippen LogP contribution in [0.1, 0.15) is 50.6 Å². The number of nitriles is 1. The van der Waals surface area contributed by atoms with Crippen molar-refractivity contribution in [3.05, 3.63) is 66.2 Å².